The number of nitrogens with zero attached hydrogens (tertiary/aromatic N) is 2. The molecule has 10 heavy (non-hydrogen) atoms. The van der Waals surface area contributed by atoms with Gasteiger partial charge in [0, 0.05) is 6.20 Å². The van der Waals surface area contributed by atoms with Crippen LogP contribution in [-0.2, 0) is 0 Å². The molecule has 0 amide bonds. The van der Waals surface area contributed by atoms with Gasteiger partial charge in [0.1, 0.15) is 0 Å². The Morgan fingerprint density at radius 3 is 3.20 bits per heavy atom. The number of nitrogens with two attached hydrogens (primary N) is 1. The highest BCUT2D eigenvalue weighted by molar-refractivity contribution is 5.83. The molecule has 2 N–H and O–H groups in total. The van der Waals surface area contributed by atoms with E-state index in [4.69, 9.17) is 10.3 Å². The number of hydrogen-bond acceptors (Lipinski definition) is 4. The van der Waals surface area contributed by atoms with Crippen LogP contribution in [0, 0.1) is 0 Å². The molecule has 0 bridgehead atoms. The van der Waals surface area contributed by atoms with Crippen molar-refractivity contribution in [3.63, 3.8) is 0 Å². The average molecular weight is 135 g/mol. The third-order valence-electron chi connectivity index (χ3n) is 1.28. The summed E-state index contributed by atoms with van der Waals surface area (Å²) in [6.45, 7) is 0. The fourth-order valence-corrected chi connectivity index (χ4v) is 0.800. The number of aromatic nitrogens is 2. The van der Waals surface area contributed by atoms with E-state index < -0.39 is 0 Å². The van der Waals surface area contributed by atoms with Gasteiger partial charge in [0.05, 0.1) is 5.39 Å². The van der Waals surface area contributed by atoms with Crippen LogP contribution < -0.4 is 5.73 Å². The van der Waals surface area contributed by atoms with Crippen molar-refractivity contribution >= 4 is 16.9 Å². The maximum Gasteiger partial charge on any atom is 0.259 e. The molecule has 2 aromatic heterocycles. The minimum atomic E-state index is 0.392. The van der Waals surface area contributed by atoms with E-state index in [-0.39, 0.29) is 0 Å². The summed E-state index contributed by atoms with van der Waals surface area (Å²) in [5, 5.41) is 4.30. The summed E-state index contributed by atoms with van der Waals surface area (Å²) in [7, 11) is 0. The van der Waals surface area contributed by atoms with Crippen LogP contribution in [0.2, 0.25) is 0 Å². The Balaban J connectivity index is 2.93. The lowest BCUT2D eigenvalue weighted by Crippen LogP contribution is -1.82. The zero-order chi connectivity index (χ0) is 6.97. The van der Waals surface area contributed by atoms with Crippen molar-refractivity contribution in [2.45, 2.75) is 0 Å². The van der Waals surface area contributed by atoms with Crippen molar-refractivity contribution in [1.82, 2.24) is 10.1 Å². The Labute approximate surface area is 56.6 Å². The molecule has 0 saturated heterocycles. The minimum absolute atomic E-state index is 0.392. The number of rotatable bonds is 0. The van der Waals surface area contributed by atoms with Gasteiger partial charge in [0.25, 0.3) is 5.71 Å². The minimum Gasteiger partial charge on any atom is -0.380 e. The second-order valence-corrected chi connectivity index (χ2v) is 1.92. The summed E-state index contributed by atoms with van der Waals surface area (Å²) in [6.07, 6.45) is 1.63. The summed E-state index contributed by atoms with van der Waals surface area (Å²) in [4.78, 5) is 3.89. The molecule has 0 aliphatic carbocycles. The first kappa shape index (κ1) is 5.22. The van der Waals surface area contributed by atoms with E-state index in [9.17, 15) is 0 Å². The summed E-state index contributed by atoms with van der Waals surface area (Å²) < 4.78 is 4.76. The zero-order valence-electron chi connectivity index (χ0n) is 5.11. The van der Waals surface area contributed by atoms with Gasteiger partial charge in [0.15, 0.2) is 5.82 Å². The molecule has 0 aliphatic heterocycles. The van der Waals surface area contributed by atoms with E-state index >= 15 is 0 Å². The Morgan fingerprint density at radius 2 is 2.40 bits per heavy atom. The van der Waals surface area contributed by atoms with Gasteiger partial charge in [0.2, 0.25) is 0 Å². The number of pyridine rings is 1. The second-order valence-electron chi connectivity index (χ2n) is 1.92. The molecule has 2 heterocycles. The molecule has 2 rings (SSSR count). The Kier molecular flexibility index (Phi) is 0.887. The van der Waals surface area contributed by atoms with E-state index in [1.165, 1.54) is 0 Å². The second kappa shape index (κ2) is 1.70. The predicted octanol–water partition coefficient (Wildman–Crippen LogP) is 0.805. The molecule has 0 aliphatic rings. The SMILES string of the molecule is Nc1noc2ncccc12. The van der Waals surface area contributed by atoms with Crippen LogP contribution in [-0.4, -0.2) is 10.1 Å². The highest BCUT2D eigenvalue weighted by Crippen LogP contribution is 2.15. The summed E-state index contributed by atoms with van der Waals surface area (Å²) in [5.41, 5.74) is 5.92. The monoisotopic (exact) mass is 135 g/mol. The van der Waals surface area contributed by atoms with Crippen molar-refractivity contribution in [2.75, 3.05) is 5.73 Å². The molecule has 0 radical (unpaired) electrons. The van der Waals surface area contributed by atoms with E-state index in [1.807, 2.05) is 6.07 Å². The fraction of sp³-hybridized carbons (Fsp3) is 0. The van der Waals surface area contributed by atoms with Gasteiger partial charge in [-0.1, -0.05) is 5.16 Å². The standard InChI is InChI=1S/C6H5N3O/c7-5-4-2-1-3-8-6(4)10-9-5/h1-3H,(H2,7,9). The lowest BCUT2D eigenvalue weighted by atomic mass is 10.3. The van der Waals surface area contributed by atoms with Crippen LogP contribution >= 0.6 is 0 Å². The molecule has 4 nitrogen and oxygen atoms in total. The average Bonchev–Trinajstić information content (AvgIpc) is 2.34. The first-order chi connectivity index (χ1) is 4.88. The molecular weight excluding hydrogens is 130 g/mol. The van der Waals surface area contributed by atoms with Crippen molar-refractivity contribution < 1.29 is 4.52 Å². The van der Waals surface area contributed by atoms with Crippen LogP contribution in [0.1, 0.15) is 0 Å². The maximum atomic E-state index is 5.43. The maximum absolute atomic E-state index is 5.43. The zero-order valence-corrected chi connectivity index (χ0v) is 5.11. The van der Waals surface area contributed by atoms with Gasteiger partial charge in [-0.05, 0) is 12.1 Å². The van der Waals surface area contributed by atoms with Crippen molar-refractivity contribution in [3.05, 3.63) is 18.3 Å². The number of anilines is 1. The van der Waals surface area contributed by atoms with Crippen LogP contribution in [0.15, 0.2) is 22.9 Å². The first-order valence-corrected chi connectivity index (χ1v) is 2.84. The number of nitrogen functional groups attached to an aromatic ring is 1. The molecule has 0 fully saturated rings. The van der Waals surface area contributed by atoms with E-state index in [0.717, 1.165) is 5.39 Å². The van der Waals surface area contributed by atoms with Gasteiger partial charge in [-0.2, -0.15) is 0 Å². The summed E-state index contributed by atoms with van der Waals surface area (Å²) in [5.74, 6) is 0.392. The molecule has 0 atom stereocenters. The van der Waals surface area contributed by atoms with Crippen molar-refractivity contribution in [1.29, 1.82) is 0 Å². The van der Waals surface area contributed by atoms with Crippen LogP contribution in [0.5, 0.6) is 0 Å². The third-order valence-corrected chi connectivity index (χ3v) is 1.28. The Bertz CT molecular complexity index is 355. The Hall–Kier alpha value is -1.58. The van der Waals surface area contributed by atoms with Crippen LogP contribution in [0.3, 0.4) is 0 Å². The fourth-order valence-electron chi connectivity index (χ4n) is 0.800. The number of hydrogen-bond donors (Lipinski definition) is 1. The quantitative estimate of drug-likeness (QED) is 0.580. The van der Waals surface area contributed by atoms with Gasteiger partial charge in [-0.25, -0.2) is 4.98 Å². The smallest absolute Gasteiger partial charge is 0.259 e. The predicted molar refractivity (Wildman–Crippen MR) is 36.2 cm³/mol. The molecule has 0 saturated carbocycles. The molecule has 0 unspecified atom stereocenters. The van der Waals surface area contributed by atoms with Gasteiger partial charge in [-0.3, -0.25) is 0 Å². The van der Waals surface area contributed by atoms with Crippen molar-refractivity contribution in [3.8, 4) is 0 Å². The lowest BCUT2D eigenvalue weighted by molar-refractivity contribution is 0.452. The topological polar surface area (TPSA) is 64.9 Å². The van der Waals surface area contributed by atoms with Gasteiger partial charge < -0.3 is 10.3 Å². The van der Waals surface area contributed by atoms with Gasteiger partial charge >= 0.3 is 0 Å². The molecular formula is C6H5N3O. The molecule has 0 aromatic carbocycles. The van der Waals surface area contributed by atoms with Crippen LogP contribution in [0.25, 0.3) is 11.1 Å². The molecule has 4 heteroatoms. The summed E-state index contributed by atoms with van der Waals surface area (Å²) >= 11 is 0. The highest BCUT2D eigenvalue weighted by Gasteiger charge is 2.01. The highest BCUT2D eigenvalue weighted by atomic mass is 16.5. The van der Waals surface area contributed by atoms with E-state index in [2.05, 4.69) is 10.1 Å². The van der Waals surface area contributed by atoms with Crippen molar-refractivity contribution in [2.24, 2.45) is 0 Å². The first-order valence-electron chi connectivity index (χ1n) is 2.84. The Morgan fingerprint density at radius 1 is 1.50 bits per heavy atom. The normalized spacial score (nSPS) is 10.4. The van der Waals surface area contributed by atoms with E-state index in [1.54, 1.807) is 12.3 Å². The number of fused-ring (bicyclic) bond motifs is 1. The molecule has 50 valence electrons. The van der Waals surface area contributed by atoms with E-state index in [0.29, 0.717) is 11.5 Å². The summed E-state index contributed by atoms with van der Waals surface area (Å²) in [6, 6.07) is 3.60. The lowest BCUT2D eigenvalue weighted by Gasteiger charge is -1.81. The molecule has 2 aromatic rings. The van der Waals surface area contributed by atoms with Crippen LogP contribution in [0.4, 0.5) is 5.82 Å². The third kappa shape index (κ3) is 0.556. The van der Waals surface area contributed by atoms with Gasteiger partial charge in [-0.15, -0.1) is 0 Å². The largest absolute Gasteiger partial charge is 0.380 e. The molecule has 0 spiro atoms.